The lowest BCUT2D eigenvalue weighted by Crippen LogP contribution is -2.31. The van der Waals surface area contributed by atoms with Crippen LogP contribution < -0.4 is 15.4 Å². The van der Waals surface area contributed by atoms with E-state index in [1.807, 2.05) is 55.5 Å². The summed E-state index contributed by atoms with van der Waals surface area (Å²) in [5.41, 5.74) is 1.67. The Hall–Kier alpha value is -1.76. The molecule has 0 radical (unpaired) electrons. The zero-order valence-electron chi connectivity index (χ0n) is 11.9. The van der Waals surface area contributed by atoms with Crippen LogP contribution in [0.15, 0.2) is 48.5 Å². The number of halogens is 1. The van der Waals surface area contributed by atoms with E-state index in [1.165, 1.54) is 0 Å². The Kier molecular flexibility index (Phi) is 5.44. The lowest BCUT2D eigenvalue weighted by molar-refractivity contribution is -0.116. The average molecular weight is 396 g/mol. The van der Waals surface area contributed by atoms with Crippen LogP contribution in [0.3, 0.4) is 0 Å². The minimum absolute atomic E-state index is 0.0845. The van der Waals surface area contributed by atoms with Crippen molar-refractivity contribution < 1.29 is 9.53 Å². The van der Waals surface area contributed by atoms with Crippen molar-refractivity contribution in [2.45, 2.75) is 13.0 Å². The highest BCUT2D eigenvalue weighted by molar-refractivity contribution is 14.1. The number of amides is 1. The van der Waals surface area contributed by atoms with Gasteiger partial charge in [0.25, 0.3) is 0 Å². The average Bonchev–Trinajstić information content (AvgIpc) is 2.50. The first-order valence-electron chi connectivity index (χ1n) is 6.55. The lowest BCUT2D eigenvalue weighted by Gasteiger charge is -2.15. The first kappa shape index (κ1) is 15.6. The third-order valence-electron chi connectivity index (χ3n) is 2.98. The molecule has 0 fully saturated rings. The van der Waals surface area contributed by atoms with Crippen LogP contribution in [0.5, 0.6) is 5.75 Å². The molecule has 0 bridgehead atoms. The molecule has 0 spiro atoms. The molecule has 1 atom stereocenters. The molecule has 4 nitrogen and oxygen atoms in total. The van der Waals surface area contributed by atoms with Gasteiger partial charge in [0.15, 0.2) is 0 Å². The van der Waals surface area contributed by atoms with E-state index in [9.17, 15) is 4.79 Å². The number of rotatable bonds is 5. The number of nitrogens with one attached hydrogen (secondary N) is 2. The standard InChI is InChI=1S/C16H17IN2O2/c1-11(18-13-5-3-12(17)4-6-13)16(20)19-14-7-9-15(21-2)10-8-14/h3-11,18H,1-2H3,(H,19,20)/t11-/m1/s1. The molecule has 21 heavy (non-hydrogen) atoms. The summed E-state index contributed by atoms with van der Waals surface area (Å²) in [5.74, 6) is 0.678. The SMILES string of the molecule is COc1ccc(NC(=O)[C@@H](C)Nc2ccc(I)cc2)cc1. The number of methoxy groups -OCH3 is 1. The Balaban J connectivity index is 1.93. The topological polar surface area (TPSA) is 50.4 Å². The molecule has 0 unspecified atom stereocenters. The first-order chi connectivity index (χ1) is 10.1. The fraction of sp³-hybridized carbons (Fsp3) is 0.188. The fourth-order valence-electron chi connectivity index (χ4n) is 1.79. The Morgan fingerprint density at radius 3 is 2.19 bits per heavy atom. The van der Waals surface area contributed by atoms with Crippen LogP contribution in [0, 0.1) is 3.57 Å². The molecule has 2 N–H and O–H groups in total. The number of hydrogen-bond donors (Lipinski definition) is 2. The van der Waals surface area contributed by atoms with Crippen molar-refractivity contribution in [2.75, 3.05) is 17.7 Å². The summed E-state index contributed by atoms with van der Waals surface area (Å²) in [6, 6.07) is 14.8. The van der Waals surface area contributed by atoms with Gasteiger partial charge in [-0.1, -0.05) is 0 Å². The minimum atomic E-state index is -0.327. The second kappa shape index (κ2) is 7.31. The van der Waals surface area contributed by atoms with E-state index >= 15 is 0 Å². The predicted molar refractivity (Wildman–Crippen MR) is 93.9 cm³/mol. The molecule has 2 rings (SSSR count). The van der Waals surface area contributed by atoms with E-state index in [2.05, 4.69) is 33.2 Å². The van der Waals surface area contributed by atoms with E-state index in [4.69, 9.17) is 4.74 Å². The van der Waals surface area contributed by atoms with Gasteiger partial charge in [0.1, 0.15) is 11.8 Å². The van der Waals surface area contributed by atoms with Crippen molar-refractivity contribution in [3.63, 3.8) is 0 Å². The van der Waals surface area contributed by atoms with Crippen LogP contribution in [-0.4, -0.2) is 19.1 Å². The van der Waals surface area contributed by atoms with E-state index in [1.54, 1.807) is 7.11 Å². The maximum absolute atomic E-state index is 12.1. The summed E-state index contributed by atoms with van der Waals surface area (Å²) in [5, 5.41) is 6.04. The van der Waals surface area contributed by atoms with Crippen LogP contribution in [0.4, 0.5) is 11.4 Å². The zero-order chi connectivity index (χ0) is 15.2. The van der Waals surface area contributed by atoms with Crippen molar-refractivity contribution in [1.82, 2.24) is 0 Å². The van der Waals surface area contributed by atoms with E-state index in [0.29, 0.717) is 0 Å². The fourth-order valence-corrected chi connectivity index (χ4v) is 2.15. The lowest BCUT2D eigenvalue weighted by atomic mass is 10.2. The van der Waals surface area contributed by atoms with Crippen LogP contribution in [0.2, 0.25) is 0 Å². The maximum atomic E-state index is 12.1. The Bertz CT molecular complexity index is 597. The van der Waals surface area contributed by atoms with Gasteiger partial charge in [0, 0.05) is 14.9 Å². The van der Waals surface area contributed by atoms with Crippen molar-refractivity contribution in [2.24, 2.45) is 0 Å². The molecular formula is C16H17IN2O2. The molecule has 0 aliphatic rings. The van der Waals surface area contributed by atoms with Crippen molar-refractivity contribution in [3.8, 4) is 5.75 Å². The highest BCUT2D eigenvalue weighted by Crippen LogP contribution is 2.16. The van der Waals surface area contributed by atoms with Gasteiger partial charge in [-0.25, -0.2) is 0 Å². The number of carbonyl (C=O) groups excluding carboxylic acids is 1. The third-order valence-corrected chi connectivity index (χ3v) is 3.70. The van der Waals surface area contributed by atoms with Gasteiger partial charge in [-0.15, -0.1) is 0 Å². The summed E-state index contributed by atoms with van der Waals surface area (Å²) in [6.45, 7) is 1.83. The van der Waals surface area contributed by atoms with Gasteiger partial charge in [-0.05, 0) is 78.0 Å². The molecule has 0 aromatic heterocycles. The monoisotopic (exact) mass is 396 g/mol. The van der Waals surface area contributed by atoms with E-state index in [0.717, 1.165) is 20.7 Å². The number of hydrogen-bond acceptors (Lipinski definition) is 3. The Morgan fingerprint density at radius 2 is 1.62 bits per heavy atom. The molecule has 0 saturated carbocycles. The van der Waals surface area contributed by atoms with Crippen molar-refractivity contribution in [3.05, 3.63) is 52.1 Å². The quantitative estimate of drug-likeness (QED) is 0.758. The molecule has 0 heterocycles. The molecule has 110 valence electrons. The summed E-state index contributed by atoms with van der Waals surface area (Å²) < 4.78 is 6.25. The van der Waals surface area contributed by atoms with Crippen LogP contribution in [0.25, 0.3) is 0 Å². The van der Waals surface area contributed by atoms with Gasteiger partial charge in [-0.3, -0.25) is 4.79 Å². The predicted octanol–water partition coefficient (Wildman–Crippen LogP) is 3.74. The zero-order valence-corrected chi connectivity index (χ0v) is 14.0. The van der Waals surface area contributed by atoms with E-state index < -0.39 is 0 Å². The molecule has 2 aromatic rings. The molecule has 2 aromatic carbocycles. The summed E-state index contributed by atoms with van der Waals surface area (Å²) in [4.78, 5) is 12.1. The summed E-state index contributed by atoms with van der Waals surface area (Å²) >= 11 is 2.25. The largest absolute Gasteiger partial charge is 0.497 e. The van der Waals surface area contributed by atoms with Crippen molar-refractivity contribution >= 4 is 39.9 Å². The number of benzene rings is 2. The van der Waals surface area contributed by atoms with Gasteiger partial charge in [0.05, 0.1) is 7.11 Å². The van der Waals surface area contributed by atoms with Gasteiger partial charge < -0.3 is 15.4 Å². The Labute approximate surface area is 138 Å². The van der Waals surface area contributed by atoms with Gasteiger partial charge in [0.2, 0.25) is 5.91 Å². The molecule has 5 heteroatoms. The van der Waals surface area contributed by atoms with Crippen LogP contribution in [0.1, 0.15) is 6.92 Å². The smallest absolute Gasteiger partial charge is 0.246 e. The molecular weight excluding hydrogens is 379 g/mol. The second-order valence-electron chi connectivity index (χ2n) is 4.59. The number of carbonyl (C=O) groups is 1. The highest BCUT2D eigenvalue weighted by Gasteiger charge is 2.12. The summed E-state index contributed by atoms with van der Waals surface area (Å²) in [7, 11) is 1.61. The summed E-state index contributed by atoms with van der Waals surface area (Å²) in [6.07, 6.45) is 0. The number of anilines is 2. The molecule has 1 amide bonds. The van der Waals surface area contributed by atoms with Crippen LogP contribution >= 0.6 is 22.6 Å². The molecule has 0 saturated heterocycles. The maximum Gasteiger partial charge on any atom is 0.246 e. The van der Waals surface area contributed by atoms with E-state index in [-0.39, 0.29) is 11.9 Å². The highest BCUT2D eigenvalue weighted by atomic mass is 127. The second-order valence-corrected chi connectivity index (χ2v) is 5.84. The molecule has 0 aliphatic heterocycles. The Morgan fingerprint density at radius 1 is 1.05 bits per heavy atom. The minimum Gasteiger partial charge on any atom is -0.497 e. The van der Waals surface area contributed by atoms with Crippen molar-refractivity contribution in [1.29, 1.82) is 0 Å². The van der Waals surface area contributed by atoms with Gasteiger partial charge in [-0.2, -0.15) is 0 Å². The first-order valence-corrected chi connectivity index (χ1v) is 7.63. The normalized spacial score (nSPS) is 11.6. The van der Waals surface area contributed by atoms with Crippen LogP contribution in [-0.2, 0) is 4.79 Å². The third kappa shape index (κ3) is 4.63. The molecule has 0 aliphatic carbocycles. The number of ether oxygens (including phenoxy) is 1. The van der Waals surface area contributed by atoms with Gasteiger partial charge >= 0.3 is 0 Å².